The van der Waals surface area contributed by atoms with Crippen molar-refractivity contribution in [2.75, 3.05) is 40.9 Å². The average Bonchev–Trinajstić information content (AvgIpc) is 3.44. The van der Waals surface area contributed by atoms with Crippen molar-refractivity contribution in [3.63, 3.8) is 0 Å². The molecule has 0 aromatic heterocycles. The molecule has 0 saturated heterocycles. The number of ether oxygens (including phenoxy) is 1. The second kappa shape index (κ2) is 60.3. The lowest BCUT2D eigenvalue weighted by atomic mass is 10.0. The molecule has 0 aromatic carbocycles. The van der Waals surface area contributed by atoms with Gasteiger partial charge in [-0.05, 0) is 70.3 Å². The van der Waals surface area contributed by atoms with Gasteiger partial charge >= 0.3 is 13.8 Å². The molecule has 3 atom stereocenters. The third-order valence-electron chi connectivity index (χ3n) is 14.9. The van der Waals surface area contributed by atoms with Gasteiger partial charge in [-0.3, -0.25) is 18.6 Å². The Morgan fingerprint density at radius 1 is 0.444 bits per heavy atom. The zero-order valence-electron chi connectivity index (χ0n) is 53.8. The number of hydrogen-bond donors (Lipinski definition) is 2. The number of phosphoric ester groups is 1. The molecule has 0 spiro atoms. The van der Waals surface area contributed by atoms with Crippen LogP contribution < -0.4 is 5.32 Å². The van der Waals surface area contributed by atoms with Crippen molar-refractivity contribution in [2.24, 2.45) is 0 Å². The molecule has 0 fully saturated rings. The number of likely N-dealkylation sites (N-methyl/N-ethyl adjacent to an activating group) is 1. The van der Waals surface area contributed by atoms with Crippen molar-refractivity contribution in [2.45, 2.75) is 315 Å². The third-order valence-corrected chi connectivity index (χ3v) is 15.8. The minimum atomic E-state index is -4.47. The van der Waals surface area contributed by atoms with E-state index in [1.807, 2.05) is 39.4 Å². The Morgan fingerprint density at radius 3 is 1.19 bits per heavy atom. The van der Waals surface area contributed by atoms with Gasteiger partial charge in [0.25, 0.3) is 0 Å². The van der Waals surface area contributed by atoms with E-state index in [4.69, 9.17) is 13.8 Å². The highest BCUT2D eigenvalue weighted by Gasteiger charge is 2.30. The lowest BCUT2D eigenvalue weighted by molar-refractivity contribution is -0.870. The first-order valence-electron chi connectivity index (χ1n) is 33.9. The maximum Gasteiger partial charge on any atom is 0.472 e. The summed E-state index contributed by atoms with van der Waals surface area (Å²) in [5, 5.41) is 3.05. The van der Waals surface area contributed by atoms with Crippen LogP contribution in [0.5, 0.6) is 0 Å². The highest BCUT2D eigenvalue weighted by atomic mass is 31.2. The molecule has 0 bridgehead atoms. The van der Waals surface area contributed by atoms with Crippen LogP contribution in [0.15, 0.2) is 85.1 Å². The van der Waals surface area contributed by atoms with E-state index in [9.17, 15) is 19.0 Å². The number of carbonyl (C=O) groups is 2. The van der Waals surface area contributed by atoms with Gasteiger partial charge in [-0.1, -0.05) is 305 Å². The van der Waals surface area contributed by atoms with Crippen LogP contribution >= 0.6 is 7.82 Å². The summed E-state index contributed by atoms with van der Waals surface area (Å²) in [6.45, 7) is 6.88. The van der Waals surface area contributed by atoms with Gasteiger partial charge in [0.2, 0.25) is 5.91 Å². The van der Waals surface area contributed by atoms with Gasteiger partial charge < -0.3 is 19.4 Å². The quantitative estimate of drug-likeness (QED) is 0.0205. The Balaban J connectivity index is 5.24. The standard InChI is InChI=1S/C71H129N2O7P/c1-7-10-13-16-19-22-25-28-30-32-34-35-36-37-39-40-42-45-48-51-54-57-60-63-70(74)72-68(67-79-81(76,77)78-66-65-73(4,5)6)69(62-59-56-53-50-47-44-27-24-21-18-15-12-9-3)80-71(75)64-61-58-55-52-49-46-43-41-38-33-31-29-26-23-20-17-14-11-8-2/h11,14,20,23,29,31,38,41,46,49,55,58-59,62,68-69H,7-10,12-13,15-19,21-22,24-28,30,32-37,39-40,42-45,47-48,50-54,56-57,60-61,63-67H2,1-6H3,(H-,72,74,76,77)/p+1/b14-11-,23-20-,31-29-,41-38-,49-46-,58-55-,62-59+. The molecule has 3 unspecified atom stereocenters. The van der Waals surface area contributed by atoms with Crippen LogP contribution in [-0.4, -0.2) is 74.3 Å². The highest BCUT2D eigenvalue weighted by Crippen LogP contribution is 2.43. The van der Waals surface area contributed by atoms with Crippen molar-refractivity contribution in [3.8, 4) is 0 Å². The number of amides is 1. The number of quaternary nitrogens is 1. The molecule has 9 nitrogen and oxygen atoms in total. The monoisotopic (exact) mass is 1150 g/mol. The Kier molecular flexibility index (Phi) is 58.2. The molecule has 2 N–H and O–H groups in total. The lowest BCUT2D eigenvalue weighted by Crippen LogP contribution is -2.47. The molecule has 1 amide bonds. The van der Waals surface area contributed by atoms with Crippen LogP contribution in [0.25, 0.3) is 0 Å². The van der Waals surface area contributed by atoms with Crippen molar-refractivity contribution in [1.29, 1.82) is 0 Å². The number of nitrogens with one attached hydrogen (secondary N) is 1. The van der Waals surface area contributed by atoms with Crippen LogP contribution in [0, 0.1) is 0 Å². The van der Waals surface area contributed by atoms with E-state index in [0.29, 0.717) is 23.9 Å². The molecule has 0 aliphatic rings. The van der Waals surface area contributed by atoms with E-state index in [-0.39, 0.29) is 25.5 Å². The second-order valence-electron chi connectivity index (χ2n) is 24.0. The Labute approximate surface area is 501 Å². The van der Waals surface area contributed by atoms with Gasteiger partial charge in [0.15, 0.2) is 0 Å². The van der Waals surface area contributed by atoms with Gasteiger partial charge in [0.05, 0.1) is 33.8 Å². The summed E-state index contributed by atoms with van der Waals surface area (Å²) in [5.41, 5.74) is 0. The van der Waals surface area contributed by atoms with Gasteiger partial charge in [-0.25, -0.2) is 4.57 Å². The predicted molar refractivity (Wildman–Crippen MR) is 351 cm³/mol. The molecule has 81 heavy (non-hydrogen) atoms. The number of carbonyl (C=O) groups excluding carboxylic acids is 2. The molecule has 0 aliphatic carbocycles. The van der Waals surface area contributed by atoms with Gasteiger partial charge in [0, 0.05) is 12.8 Å². The number of allylic oxidation sites excluding steroid dienone is 13. The number of unbranched alkanes of at least 4 members (excludes halogenated alkanes) is 33. The van der Waals surface area contributed by atoms with Crippen molar-refractivity contribution < 1.29 is 37.3 Å². The summed E-state index contributed by atoms with van der Waals surface area (Å²) in [6, 6.07) is -0.882. The normalized spacial score (nSPS) is 14.1. The molecule has 0 rings (SSSR count). The molecule has 10 heteroatoms. The van der Waals surface area contributed by atoms with Crippen molar-refractivity contribution in [1.82, 2.24) is 5.32 Å². The van der Waals surface area contributed by atoms with Crippen LogP contribution in [0.1, 0.15) is 303 Å². The number of rotatable bonds is 61. The fourth-order valence-corrected chi connectivity index (χ4v) is 10.4. The molecule has 0 heterocycles. The SMILES string of the molecule is CC/C=C\C/C=C\C/C=C\C/C=C\C/C=C\C/C=C\CCC(=O)OC(/C=C/CCCCCCCCCCCCC)C(COP(=O)(O)OCC[N+](C)(C)C)NC(=O)CCCCCCCCCCCCCCCCCCCCCCCCC. The van der Waals surface area contributed by atoms with E-state index in [0.717, 1.165) is 77.0 Å². The minimum absolute atomic E-state index is 0.0275. The summed E-state index contributed by atoms with van der Waals surface area (Å²) in [7, 11) is 1.46. The van der Waals surface area contributed by atoms with E-state index in [2.05, 4.69) is 92.9 Å². The lowest BCUT2D eigenvalue weighted by Gasteiger charge is -2.27. The Morgan fingerprint density at radius 2 is 0.802 bits per heavy atom. The molecule has 0 aliphatic heterocycles. The first-order valence-corrected chi connectivity index (χ1v) is 35.4. The van der Waals surface area contributed by atoms with Crippen LogP contribution in [0.4, 0.5) is 0 Å². The molecular formula is C71H130N2O7P+. The molecule has 0 saturated carbocycles. The van der Waals surface area contributed by atoms with Crippen LogP contribution in [0.2, 0.25) is 0 Å². The van der Waals surface area contributed by atoms with E-state index in [1.54, 1.807) is 0 Å². The summed E-state index contributed by atoms with van der Waals surface area (Å²) < 4.78 is 30.7. The smallest absolute Gasteiger partial charge is 0.456 e. The predicted octanol–water partition coefficient (Wildman–Crippen LogP) is 21.3. The maximum atomic E-state index is 13.6. The first kappa shape index (κ1) is 78.2. The summed E-state index contributed by atoms with van der Waals surface area (Å²) >= 11 is 0. The largest absolute Gasteiger partial charge is 0.472 e. The molecule has 0 radical (unpaired) electrons. The Hall–Kier alpha value is -2.81. The first-order chi connectivity index (χ1) is 39.4. The topological polar surface area (TPSA) is 111 Å². The van der Waals surface area contributed by atoms with Gasteiger partial charge in [-0.15, -0.1) is 0 Å². The zero-order valence-corrected chi connectivity index (χ0v) is 54.7. The van der Waals surface area contributed by atoms with E-state index >= 15 is 0 Å². The summed E-state index contributed by atoms with van der Waals surface area (Å²) in [5.74, 6) is -0.595. The van der Waals surface area contributed by atoms with Crippen LogP contribution in [-0.2, 0) is 27.9 Å². The summed E-state index contributed by atoms with van der Waals surface area (Å²) in [4.78, 5) is 37.8. The van der Waals surface area contributed by atoms with E-state index < -0.39 is 25.9 Å². The summed E-state index contributed by atoms with van der Waals surface area (Å²) in [6.07, 6.45) is 80.4. The van der Waals surface area contributed by atoms with Gasteiger partial charge in [-0.2, -0.15) is 0 Å². The molecular weight excluding hydrogens is 1020 g/mol. The third kappa shape index (κ3) is 61.6. The fourth-order valence-electron chi connectivity index (χ4n) is 9.67. The van der Waals surface area contributed by atoms with E-state index in [1.165, 1.54) is 186 Å². The number of hydrogen-bond acceptors (Lipinski definition) is 6. The van der Waals surface area contributed by atoms with Crippen molar-refractivity contribution >= 4 is 19.7 Å². The second-order valence-corrected chi connectivity index (χ2v) is 25.4. The molecule has 0 aromatic rings. The number of phosphoric acid groups is 1. The molecule has 470 valence electrons. The Bertz CT molecular complexity index is 1660. The van der Waals surface area contributed by atoms with Crippen molar-refractivity contribution in [3.05, 3.63) is 85.1 Å². The number of esters is 1. The highest BCUT2D eigenvalue weighted by molar-refractivity contribution is 7.47. The average molecular weight is 1150 g/mol. The van der Waals surface area contributed by atoms with Crippen LogP contribution in [0.3, 0.4) is 0 Å². The maximum absolute atomic E-state index is 13.6. The minimum Gasteiger partial charge on any atom is -0.456 e. The number of nitrogens with zero attached hydrogens (tertiary/aromatic N) is 1. The van der Waals surface area contributed by atoms with Gasteiger partial charge in [0.1, 0.15) is 19.3 Å². The zero-order chi connectivity index (χ0) is 59.3. The fraction of sp³-hybridized carbons (Fsp3) is 0.775.